The number of hydrogen-bond donors (Lipinski definition) is 2. The number of carbonyl (C=O) groups excluding carboxylic acids is 1. The van der Waals surface area contributed by atoms with E-state index in [2.05, 4.69) is 4.94 Å². The summed E-state index contributed by atoms with van der Waals surface area (Å²) >= 11 is 0. The molecular weight excluding hydrogens is 355 g/mol. The topological polar surface area (TPSA) is 103 Å². The second-order valence-electron chi connectivity index (χ2n) is 7.21. The number of amides is 1. The van der Waals surface area contributed by atoms with Crippen LogP contribution in [0.2, 0.25) is 0 Å². The van der Waals surface area contributed by atoms with E-state index in [1.54, 1.807) is 18.2 Å². The first kappa shape index (κ1) is 18.3. The van der Waals surface area contributed by atoms with Crippen molar-refractivity contribution in [3.63, 3.8) is 0 Å². The van der Waals surface area contributed by atoms with Gasteiger partial charge in [-0.1, -0.05) is 0 Å². The van der Waals surface area contributed by atoms with Crippen molar-refractivity contribution < 1.29 is 24.1 Å². The van der Waals surface area contributed by atoms with E-state index in [9.17, 15) is 14.4 Å². The Labute approximate surface area is 155 Å². The van der Waals surface area contributed by atoms with Crippen molar-refractivity contribution >= 4 is 16.9 Å². The van der Waals surface area contributed by atoms with E-state index in [0.29, 0.717) is 31.6 Å². The standard InChI is InChI=1S/C18H23FN4O4/c19-27-16-9-22(5-3-15(16)24)10-17-21-13-2-1-11(18(20)25)7-14(13)23(17)8-12-4-6-26-12/h1-2,7,12,15-16,24H,3-6,8-10H2,(H2,20,25). The first-order chi connectivity index (χ1) is 13.0. The van der Waals surface area contributed by atoms with E-state index in [0.717, 1.165) is 29.9 Å². The summed E-state index contributed by atoms with van der Waals surface area (Å²) in [5.74, 6) is 0.315. The van der Waals surface area contributed by atoms with Crippen LogP contribution in [0.4, 0.5) is 4.53 Å². The molecule has 3 N–H and O–H groups in total. The molecule has 2 fully saturated rings. The number of fused-ring (bicyclic) bond motifs is 1. The largest absolute Gasteiger partial charge is 0.390 e. The smallest absolute Gasteiger partial charge is 0.248 e. The number of halogens is 1. The molecule has 3 heterocycles. The van der Waals surface area contributed by atoms with Gasteiger partial charge in [0.2, 0.25) is 5.91 Å². The summed E-state index contributed by atoms with van der Waals surface area (Å²) in [5, 5.41) is 9.79. The van der Waals surface area contributed by atoms with Gasteiger partial charge in [0.25, 0.3) is 0 Å². The number of rotatable bonds is 6. The van der Waals surface area contributed by atoms with Gasteiger partial charge >= 0.3 is 0 Å². The monoisotopic (exact) mass is 378 g/mol. The average Bonchev–Trinajstić information content (AvgIpc) is 2.95. The fourth-order valence-electron chi connectivity index (χ4n) is 3.68. The number of nitrogens with two attached hydrogens (primary N) is 1. The molecule has 1 aromatic heterocycles. The van der Waals surface area contributed by atoms with Crippen molar-refractivity contribution in [3.05, 3.63) is 29.6 Å². The number of hydrogen-bond acceptors (Lipinski definition) is 6. The first-order valence-corrected chi connectivity index (χ1v) is 9.13. The number of likely N-dealkylation sites (tertiary alicyclic amines) is 1. The molecule has 0 radical (unpaired) electrons. The minimum Gasteiger partial charge on any atom is -0.390 e. The predicted octanol–water partition coefficient (Wildman–Crippen LogP) is 0.760. The summed E-state index contributed by atoms with van der Waals surface area (Å²) in [6.07, 6.45) is -0.127. The zero-order chi connectivity index (χ0) is 19.0. The van der Waals surface area contributed by atoms with Gasteiger partial charge in [-0.25, -0.2) is 4.98 Å². The van der Waals surface area contributed by atoms with Crippen molar-refractivity contribution in [2.24, 2.45) is 5.73 Å². The minimum atomic E-state index is -0.854. The molecule has 9 heteroatoms. The number of aliphatic hydroxyl groups excluding tert-OH is 1. The number of nitrogens with zero attached hydrogens (tertiary/aromatic N) is 3. The van der Waals surface area contributed by atoms with E-state index in [1.165, 1.54) is 0 Å². The summed E-state index contributed by atoms with van der Waals surface area (Å²) in [5.41, 5.74) is 7.44. The molecule has 1 aromatic carbocycles. The molecule has 0 aliphatic carbocycles. The molecule has 4 rings (SSSR count). The van der Waals surface area contributed by atoms with Crippen molar-refractivity contribution in [3.8, 4) is 0 Å². The zero-order valence-electron chi connectivity index (χ0n) is 14.9. The van der Waals surface area contributed by atoms with Gasteiger partial charge in [-0.15, -0.1) is 0 Å². The third-order valence-corrected chi connectivity index (χ3v) is 5.38. The van der Waals surface area contributed by atoms with Crippen molar-refractivity contribution in [1.82, 2.24) is 14.5 Å². The summed E-state index contributed by atoms with van der Waals surface area (Å²) in [6.45, 7) is 2.77. The second-order valence-corrected chi connectivity index (χ2v) is 7.21. The lowest BCUT2D eigenvalue weighted by Crippen LogP contribution is -2.47. The highest BCUT2D eigenvalue weighted by atomic mass is 19.3. The normalized spacial score (nSPS) is 26.2. The number of carbonyl (C=O) groups is 1. The van der Waals surface area contributed by atoms with E-state index in [1.807, 2.05) is 9.47 Å². The van der Waals surface area contributed by atoms with Crippen molar-refractivity contribution in [2.75, 3.05) is 19.7 Å². The lowest BCUT2D eigenvalue weighted by atomic mass is 10.1. The van der Waals surface area contributed by atoms with Crippen LogP contribution in [-0.4, -0.2) is 63.5 Å². The van der Waals surface area contributed by atoms with Gasteiger partial charge in [0.1, 0.15) is 11.9 Å². The van der Waals surface area contributed by atoms with E-state index < -0.39 is 18.1 Å². The maximum Gasteiger partial charge on any atom is 0.248 e. The Morgan fingerprint density at radius 1 is 1.44 bits per heavy atom. The van der Waals surface area contributed by atoms with Crippen LogP contribution in [-0.2, 0) is 22.8 Å². The second kappa shape index (κ2) is 7.51. The van der Waals surface area contributed by atoms with E-state index in [4.69, 9.17) is 15.5 Å². The minimum absolute atomic E-state index is 0.114. The third kappa shape index (κ3) is 3.68. The summed E-state index contributed by atoms with van der Waals surface area (Å²) in [6, 6.07) is 5.20. The SMILES string of the molecule is NC(=O)c1ccc2nc(CN3CCC(O)C(OF)C3)n(CC3CCO3)c2c1. The van der Waals surface area contributed by atoms with Gasteiger partial charge in [-0.05, 0) is 35.6 Å². The molecule has 0 saturated carbocycles. The van der Waals surface area contributed by atoms with Gasteiger partial charge < -0.3 is 20.1 Å². The number of primary amides is 1. The lowest BCUT2D eigenvalue weighted by Gasteiger charge is -2.34. The van der Waals surface area contributed by atoms with E-state index in [-0.39, 0.29) is 12.6 Å². The molecule has 1 amide bonds. The molecule has 2 aliphatic heterocycles. The molecule has 8 nitrogen and oxygen atoms in total. The van der Waals surface area contributed by atoms with Gasteiger partial charge in [-0.3, -0.25) is 9.69 Å². The molecule has 3 unspecified atom stereocenters. The van der Waals surface area contributed by atoms with Crippen LogP contribution in [0.25, 0.3) is 11.0 Å². The van der Waals surface area contributed by atoms with Gasteiger partial charge in [-0.2, -0.15) is 4.94 Å². The Bertz CT molecular complexity index is 838. The van der Waals surface area contributed by atoms with Crippen molar-refractivity contribution in [1.29, 1.82) is 0 Å². The highest BCUT2D eigenvalue weighted by molar-refractivity contribution is 5.96. The summed E-state index contributed by atoms with van der Waals surface area (Å²) in [4.78, 5) is 22.2. The number of aromatic nitrogens is 2. The molecule has 0 bridgehead atoms. The highest BCUT2D eigenvalue weighted by Crippen LogP contribution is 2.24. The zero-order valence-corrected chi connectivity index (χ0v) is 14.9. The molecular formula is C18H23FN4O4. The number of piperidine rings is 1. The molecule has 146 valence electrons. The fraction of sp³-hybridized carbons (Fsp3) is 0.556. The number of aliphatic hydroxyl groups is 1. The molecule has 2 aliphatic rings. The first-order valence-electron chi connectivity index (χ1n) is 9.13. The Balaban J connectivity index is 1.64. The maximum absolute atomic E-state index is 12.7. The highest BCUT2D eigenvalue weighted by Gasteiger charge is 2.31. The van der Waals surface area contributed by atoms with Crippen LogP contribution < -0.4 is 5.73 Å². The van der Waals surface area contributed by atoms with Gasteiger partial charge in [0.15, 0.2) is 0 Å². The van der Waals surface area contributed by atoms with Crippen LogP contribution in [0.5, 0.6) is 0 Å². The number of ether oxygens (including phenoxy) is 1. The Hall–Kier alpha value is -2.07. The van der Waals surface area contributed by atoms with Gasteiger partial charge in [0, 0.05) is 25.3 Å². The van der Waals surface area contributed by atoms with Gasteiger partial charge in [0.05, 0.1) is 36.3 Å². The van der Waals surface area contributed by atoms with E-state index >= 15 is 0 Å². The third-order valence-electron chi connectivity index (χ3n) is 5.38. The van der Waals surface area contributed by atoms with Crippen molar-refractivity contribution in [2.45, 2.75) is 44.2 Å². The summed E-state index contributed by atoms with van der Waals surface area (Å²) in [7, 11) is 0. The average molecular weight is 378 g/mol. The maximum atomic E-state index is 12.7. The molecule has 27 heavy (non-hydrogen) atoms. The summed E-state index contributed by atoms with van der Waals surface area (Å²) < 4.78 is 20.3. The quantitative estimate of drug-likeness (QED) is 0.769. The predicted molar refractivity (Wildman–Crippen MR) is 94.5 cm³/mol. The molecule has 0 spiro atoms. The van der Waals surface area contributed by atoms with Crippen LogP contribution in [0, 0.1) is 0 Å². The molecule has 2 saturated heterocycles. The molecule has 2 aromatic rings. The Morgan fingerprint density at radius 2 is 2.26 bits per heavy atom. The van der Waals surface area contributed by atoms with Crippen LogP contribution in [0.3, 0.4) is 0 Å². The Morgan fingerprint density at radius 3 is 2.93 bits per heavy atom. The van der Waals surface area contributed by atoms with Crippen LogP contribution in [0.15, 0.2) is 18.2 Å². The molecule has 3 atom stereocenters. The Kier molecular flexibility index (Phi) is 5.09. The van der Waals surface area contributed by atoms with Crippen LogP contribution >= 0.6 is 0 Å². The van der Waals surface area contributed by atoms with Crippen LogP contribution in [0.1, 0.15) is 29.0 Å². The number of benzene rings is 1. The fourth-order valence-corrected chi connectivity index (χ4v) is 3.68. The lowest BCUT2D eigenvalue weighted by molar-refractivity contribution is -0.223. The number of imidazole rings is 1.